The summed E-state index contributed by atoms with van der Waals surface area (Å²) in [5.41, 5.74) is 3.81. The number of para-hydroxylation sites is 1. The first-order valence-electron chi connectivity index (χ1n) is 10.7. The topological polar surface area (TPSA) is 60.5 Å². The molecule has 1 atom stereocenters. The van der Waals surface area contributed by atoms with Crippen LogP contribution in [0, 0.1) is 6.92 Å². The van der Waals surface area contributed by atoms with Gasteiger partial charge >= 0.3 is 0 Å². The third-order valence-corrected chi connectivity index (χ3v) is 4.92. The van der Waals surface area contributed by atoms with Crippen LogP contribution in [0.5, 0.6) is 11.5 Å². The zero-order valence-corrected chi connectivity index (χ0v) is 18.8. The van der Waals surface area contributed by atoms with E-state index in [4.69, 9.17) is 9.47 Å². The third-order valence-electron chi connectivity index (χ3n) is 4.92. The molecular weight excluding hydrogens is 388 g/mol. The zero-order valence-electron chi connectivity index (χ0n) is 18.8. The molecule has 0 saturated heterocycles. The van der Waals surface area contributed by atoms with E-state index in [-0.39, 0.29) is 18.1 Å². The first-order chi connectivity index (χ1) is 14.9. The van der Waals surface area contributed by atoms with E-state index >= 15 is 0 Å². The molecule has 1 aromatic heterocycles. The van der Waals surface area contributed by atoms with Crippen molar-refractivity contribution in [3.63, 3.8) is 0 Å². The van der Waals surface area contributed by atoms with Crippen molar-refractivity contribution in [2.45, 2.75) is 53.2 Å². The highest BCUT2D eigenvalue weighted by Crippen LogP contribution is 2.28. The summed E-state index contributed by atoms with van der Waals surface area (Å²) in [5.74, 6) is 1.28. The minimum Gasteiger partial charge on any atom is -0.457 e. The number of ether oxygens (including phenoxy) is 2. The van der Waals surface area contributed by atoms with Crippen molar-refractivity contribution in [2.75, 3.05) is 5.32 Å². The van der Waals surface area contributed by atoms with Gasteiger partial charge in [0, 0.05) is 11.8 Å². The van der Waals surface area contributed by atoms with Crippen LogP contribution in [0.15, 0.2) is 60.7 Å². The van der Waals surface area contributed by atoms with Gasteiger partial charge in [-0.25, -0.2) is 0 Å². The average molecular weight is 419 g/mol. The van der Waals surface area contributed by atoms with Gasteiger partial charge in [0.05, 0.1) is 29.2 Å². The first-order valence-corrected chi connectivity index (χ1v) is 10.7. The Hall–Kier alpha value is -3.18. The molecule has 0 aliphatic heterocycles. The molecule has 0 radical (unpaired) electrons. The van der Waals surface area contributed by atoms with Crippen LogP contribution in [0.25, 0.3) is 0 Å². The summed E-state index contributed by atoms with van der Waals surface area (Å²) in [4.78, 5) is 17.4. The van der Waals surface area contributed by atoms with Crippen LogP contribution in [0.1, 0.15) is 61.1 Å². The lowest BCUT2D eigenvalue weighted by molar-refractivity contribution is 0.0154. The number of rotatable bonds is 8. The Morgan fingerprint density at radius 3 is 2.52 bits per heavy atom. The first kappa shape index (κ1) is 22.5. The molecule has 0 fully saturated rings. The number of amides is 1. The molecule has 1 heterocycles. The fourth-order valence-corrected chi connectivity index (χ4v) is 3.38. The molecule has 162 valence electrons. The standard InChI is InChI=1S/C26H30N2O3/c1-6-20-10-7-8-13-25(20)31-22-12-9-11-21(16-22)28-26(29)23-14-15-24(27-18(23)4)19(5)30-17(2)3/h7-17,19H,6H2,1-5H3,(H,28,29). The molecule has 0 bridgehead atoms. The van der Waals surface area contributed by atoms with Crippen molar-refractivity contribution < 1.29 is 14.3 Å². The Balaban J connectivity index is 1.73. The lowest BCUT2D eigenvalue weighted by Crippen LogP contribution is -2.16. The number of carbonyl (C=O) groups excluding carboxylic acids is 1. The lowest BCUT2D eigenvalue weighted by atomic mass is 10.1. The maximum Gasteiger partial charge on any atom is 0.257 e. The second-order valence-electron chi connectivity index (χ2n) is 7.74. The smallest absolute Gasteiger partial charge is 0.257 e. The van der Waals surface area contributed by atoms with Crippen LogP contribution in [0.2, 0.25) is 0 Å². The highest BCUT2D eigenvalue weighted by atomic mass is 16.5. The van der Waals surface area contributed by atoms with Crippen LogP contribution in [-0.4, -0.2) is 17.0 Å². The van der Waals surface area contributed by atoms with E-state index in [0.717, 1.165) is 23.4 Å². The van der Waals surface area contributed by atoms with Crippen LogP contribution in [0.4, 0.5) is 5.69 Å². The predicted molar refractivity (Wildman–Crippen MR) is 124 cm³/mol. The monoisotopic (exact) mass is 418 g/mol. The van der Waals surface area contributed by atoms with E-state index in [1.165, 1.54) is 0 Å². The van der Waals surface area contributed by atoms with Gasteiger partial charge in [-0.2, -0.15) is 0 Å². The zero-order chi connectivity index (χ0) is 22.4. The van der Waals surface area contributed by atoms with Crippen molar-refractivity contribution >= 4 is 11.6 Å². The SMILES string of the molecule is CCc1ccccc1Oc1cccc(NC(=O)c2ccc(C(C)OC(C)C)nc2C)c1. The number of nitrogens with zero attached hydrogens (tertiary/aromatic N) is 1. The van der Waals surface area contributed by atoms with E-state index in [9.17, 15) is 4.79 Å². The highest BCUT2D eigenvalue weighted by molar-refractivity contribution is 6.05. The largest absolute Gasteiger partial charge is 0.457 e. The summed E-state index contributed by atoms with van der Waals surface area (Å²) in [6.07, 6.45) is 0.866. The van der Waals surface area contributed by atoms with Gasteiger partial charge in [-0.15, -0.1) is 0 Å². The average Bonchev–Trinajstić information content (AvgIpc) is 2.73. The summed E-state index contributed by atoms with van der Waals surface area (Å²) in [6, 6.07) is 19.0. The molecule has 0 aliphatic rings. The van der Waals surface area contributed by atoms with E-state index in [2.05, 4.69) is 17.2 Å². The minimum absolute atomic E-state index is 0.110. The molecule has 1 amide bonds. The molecule has 0 spiro atoms. The van der Waals surface area contributed by atoms with Crippen molar-refractivity contribution in [1.29, 1.82) is 0 Å². The lowest BCUT2D eigenvalue weighted by Gasteiger charge is -2.17. The molecule has 3 rings (SSSR count). The molecular formula is C26H30N2O3. The summed E-state index contributed by atoms with van der Waals surface area (Å²) in [7, 11) is 0. The minimum atomic E-state index is -0.208. The van der Waals surface area contributed by atoms with Gasteiger partial charge in [0.25, 0.3) is 5.91 Å². The fourth-order valence-electron chi connectivity index (χ4n) is 3.38. The second-order valence-corrected chi connectivity index (χ2v) is 7.74. The molecule has 0 aliphatic carbocycles. The number of nitrogens with one attached hydrogen (secondary N) is 1. The number of aryl methyl sites for hydroxylation is 2. The Bertz CT molecular complexity index is 1050. The van der Waals surface area contributed by atoms with E-state index in [0.29, 0.717) is 22.7 Å². The van der Waals surface area contributed by atoms with Gasteiger partial charge in [-0.1, -0.05) is 31.2 Å². The number of aromatic nitrogens is 1. The van der Waals surface area contributed by atoms with Gasteiger partial charge in [-0.3, -0.25) is 9.78 Å². The van der Waals surface area contributed by atoms with Gasteiger partial charge in [0.2, 0.25) is 0 Å². The van der Waals surface area contributed by atoms with Crippen LogP contribution in [-0.2, 0) is 11.2 Å². The Kier molecular flexibility index (Phi) is 7.42. The van der Waals surface area contributed by atoms with E-state index in [1.54, 1.807) is 6.07 Å². The molecule has 1 N–H and O–H groups in total. The second kappa shape index (κ2) is 10.2. The molecule has 3 aromatic rings. The van der Waals surface area contributed by atoms with Gasteiger partial charge < -0.3 is 14.8 Å². The van der Waals surface area contributed by atoms with Crippen LogP contribution >= 0.6 is 0 Å². The number of pyridine rings is 1. The summed E-state index contributed by atoms with van der Waals surface area (Å²) in [5, 5.41) is 2.94. The van der Waals surface area contributed by atoms with Gasteiger partial charge in [0.1, 0.15) is 11.5 Å². The summed E-state index contributed by atoms with van der Waals surface area (Å²) < 4.78 is 11.8. The van der Waals surface area contributed by atoms with Crippen molar-refractivity contribution in [2.24, 2.45) is 0 Å². The number of hydrogen-bond acceptors (Lipinski definition) is 4. The Morgan fingerprint density at radius 1 is 1.03 bits per heavy atom. The summed E-state index contributed by atoms with van der Waals surface area (Å²) >= 11 is 0. The number of anilines is 1. The number of hydrogen-bond donors (Lipinski definition) is 1. The molecule has 5 nitrogen and oxygen atoms in total. The van der Waals surface area contributed by atoms with Crippen LogP contribution in [0.3, 0.4) is 0 Å². The molecule has 31 heavy (non-hydrogen) atoms. The fraction of sp³-hybridized carbons (Fsp3) is 0.308. The Labute approximate surface area is 184 Å². The van der Waals surface area contributed by atoms with Crippen molar-refractivity contribution in [3.8, 4) is 11.5 Å². The number of carbonyl (C=O) groups is 1. The van der Waals surface area contributed by atoms with Gasteiger partial charge in [0.15, 0.2) is 0 Å². The summed E-state index contributed by atoms with van der Waals surface area (Å²) in [6.45, 7) is 9.87. The normalized spacial score (nSPS) is 11.9. The quantitative estimate of drug-likeness (QED) is 0.455. The Morgan fingerprint density at radius 2 is 1.81 bits per heavy atom. The van der Waals surface area contributed by atoms with E-state index in [1.807, 2.05) is 82.3 Å². The van der Waals surface area contributed by atoms with Crippen LogP contribution < -0.4 is 10.1 Å². The molecule has 2 aromatic carbocycles. The molecule has 1 unspecified atom stereocenters. The predicted octanol–water partition coefficient (Wildman–Crippen LogP) is 6.48. The maximum absolute atomic E-state index is 12.8. The third kappa shape index (κ3) is 5.92. The van der Waals surface area contributed by atoms with E-state index < -0.39 is 0 Å². The maximum atomic E-state index is 12.8. The molecule has 5 heteroatoms. The highest BCUT2D eigenvalue weighted by Gasteiger charge is 2.15. The van der Waals surface area contributed by atoms with Crippen molar-refractivity contribution in [1.82, 2.24) is 4.98 Å². The number of benzene rings is 2. The van der Waals surface area contributed by atoms with Gasteiger partial charge in [-0.05, 0) is 70.0 Å². The molecule has 0 saturated carbocycles. The van der Waals surface area contributed by atoms with Crippen molar-refractivity contribution in [3.05, 3.63) is 83.2 Å².